The number of rotatable bonds is 4. The van der Waals surface area contributed by atoms with Crippen molar-refractivity contribution in [2.75, 3.05) is 6.61 Å². The van der Waals surface area contributed by atoms with Gasteiger partial charge in [0.25, 0.3) is 0 Å². The predicted molar refractivity (Wildman–Crippen MR) is 119 cm³/mol. The summed E-state index contributed by atoms with van der Waals surface area (Å²) in [5.74, 6) is 0.377. The largest absolute Gasteiger partial charge is 0.491 e. The molecule has 32 heavy (non-hydrogen) atoms. The molecule has 0 spiro atoms. The normalized spacial score (nSPS) is 11.8. The highest BCUT2D eigenvalue weighted by Crippen LogP contribution is 2.35. The second-order valence-corrected chi connectivity index (χ2v) is 7.23. The zero-order valence-electron chi connectivity index (χ0n) is 17.9. The van der Waals surface area contributed by atoms with Crippen molar-refractivity contribution in [2.24, 2.45) is 5.73 Å². The molecule has 0 bridgehead atoms. The van der Waals surface area contributed by atoms with E-state index in [1.54, 1.807) is 36.4 Å². The third-order valence-electron chi connectivity index (χ3n) is 4.70. The topological polar surface area (TPSA) is 115 Å². The second-order valence-electron chi connectivity index (χ2n) is 7.23. The average Bonchev–Trinajstić information content (AvgIpc) is 2.78. The molecular formula is C25H23N3O4. The van der Waals surface area contributed by atoms with E-state index in [2.05, 4.69) is 11.1 Å². The smallest absolute Gasteiger partial charge is 0.248 e. The zero-order chi connectivity index (χ0) is 23.1. The average molecular weight is 429 g/mol. The number of amides is 1. The van der Waals surface area contributed by atoms with Crippen LogP contribution in [0.4, 0.5) is 0 Å². The summed E-state index contributed by atoms with van der Waals surface area (Å²) in [5.41, 5.74) is 9.08. The Bertz CT molecular complexity index is 1160. The van der Waals surface area contributed by atoms with Gasteiger partial charge in [-0.05, 0) is 55.8 Å². The zero-order valence-corrected chi connectivity index (χ0v) is 17.9. The van der Waals surface area contributed by atoms with Crippen molar-refractivity contribution in [1.29, 1.82) is 5.26 Å². The highest BCUT2D eigenvalue weighted by molar-refractivity contribution is 6.00. The molecule has 1 aromatic heterocycles. The van der Waals surface area contributed by atoms with E-state index in [1.807, 2.05) is 32.0 Å². The van der Waals surface area contributed by atoms with Crippen LogP contribution < -0.4 is 15.2 Å². The van der Waals surface area contributed by atoms with Crippen LogP contribution in [-0.2, 0) is 6.61 Å². The molecule has 0 unspecified atom stereocenters. The van der Waals surface area contributed by atoms with Crippen LogP contribution in [0.3, 0.4) is 0 Å². The molecule has 7 heteroatoms. The standard InChI is InChI=1S/C18H16N2O3.C7H7NO/c1-11-7-13(8-12(2)20-11)10-23-17-4-3-14-16(21)5-6-22-18(14)15(17)9-19;8-7(9)6-4-2-1-3-5-6/h3-4,7-8H,5-6,10H2,1-2H3;1-5H,(H2,8,9). The van der Waals surface area contributed by atoms with Gasteiger partial charge < -0.3 is 15.2 Å². The molecule has 4 rings (SSSR count). The predicted octanol–water partition coefficient (Wildman–Crippen LogP) is 3.90. The number of hydrogen-bond donors (Lipinski definition) is 1. The Balaban J connectivity index is 0.000000269. The van der Waals surface area contributed by atoms with E-state index in [9.17, 15) is 14.9 Å². The van der Waals surface area contributed by atoms with Crippen LogP contribution in [0.1, 0.15) is 49.7 Å². The fraction of sp³-hybridized carbons (Fsp3) is 0.200. The highest BCUT2D eigenvalue weighted by Gasteiger charge is 2.24. The van der Waals surface area contributed by atoms with E-state index >= 15 is 0 Å². The van der Waals surface area contributed by atoms with Crippen LogP contribution in [0.15, 0.2) is 54.6 Å². The van der Waals surface area contributed by atoms with Gasteiger partial charge in [0, 0.05) is 23.4 Å². The van der Waals surface area contributed by atoms with Gasteiger partial charge in [0.2, 0.25) is 5.91 Å². The third-order valence-corrected chi connectivity index (χ3v) is 4.70. The Labute approximate surface area is 186 Å². The van der Waals surface area contributed by atoms with Crippen molar-refractivity contribution >= 4 is 11.7 Å². The van der Waals surface area contributed by atoms with Crippen molar-refractivity contribution in [3.8, 4) is 17.6 Å². The maximum absolute atomic E-state index is 11.9. The molecule has 2 N–H and O–H groups in total. The van der Waals surface area contributed by atoms with Crippen molar-refractivity contribution in [2.45, 2.75) is 26.9 Å². The van der Waals surface area contributed by atoms with Gasteiger partial charge in [0.05, 0.1) is 12.2 Å². The van der Waals surface area contributed by atoms with Gasteiger partial charge in [-0.1, -0.05) is 18.2 Å². The molecule has 3 aromatic rings. The summed E-state index contributed by atoms with van der Waals surface area (Å²) in [6, 6.07) is 18.1. The van der Waals surface area contributed by atoms with Crippen molar-refractivity contribution < 1.29 is 19.1 Å². The lowest BCUT2D eigenvalue weighted by Gasteiger charge is -2.19. The number of pyridine rings is 1. The number of aromatic nitrogens is 1. The van der Waals surface area contributed by atoms with Crippen molar-refractivity contribution in [1.82, 2.24) is 4.98 Å². The van der Waals surface area contributed by atoms with Crippen molar-refractivity contribution in [3.63, 3.8) is 0 Å². The first-order valence-electron chi connectivity index (χ1n) is 10.0. The summed E-state index contributed by atoms with van der Waals surface area (Å²) < 4.78 is 11.3. The summed E-state index contributed by atoms with van der Waals surface area (Å²) in [5, 5.41) is 9.41. The number of nitrogens with zero attached hydrogens (tertiary/aromatic N) is 2. The molecule has 2 heterocycles. The van der Waals surface area contributed by atoms with Gasteiger partial charge in [-0.15, -0.1) is 0 Å². The number of ketones is 1. The van der Waals surface area contributed by atoms with E-state index < -0.39 is 0 Å². The Morgan fingerprint density at radius 2 is 1.84 bits per heavy atom. The molecule has 0 aliphatic carbocycles. The van der Waals surface area contributed by atoms with Gasteiger partial charge >= 0.3 is 0 Å². The summed E-state index contributed by atoms with van der Waals surface area (Å²) in [6.07, 6.45) is 0.341. The summed E-state index contributed by atoms with van der Waals surface area (Å²) in [6.45, 7) is 4.48. The van der Waals surface area contributed by atoms with Gasteiger partial charge in [-0.25, -0.2) is 0 Å². The Morgan fingerprint density at radius 1 is 1.16 bits per heavy atom. The Kier molecular flexibility index (Phi) is 7.19. The molecule has 162 valence electrons. The molecule has 1 aliphatic heterocycles. The number of carbonyl (C=O) groups is 2. The van der Waals surface area contributed by atoms with Crippen LogP contribution in [0, 0.1) is 25.2 Å². The van der Waals surface area contributed by atoms with Gasteiger partial charge in [-0.2, -0.15) is 5.26 Å². The van der Waals surface area contributed by atoms with Crippen molar-refractivity contribution in [3.05, 3.63) is 88.2 Å². The molecule has 0 saturated heterocycles. The SMILES string of the molecule is Cc1cc(COc2ccc3c(c2C#N)OCCC3=O)cc(C)n1.NC(=O)c1ccccc1. The van der Waals surface area contributed by atoms with Crippen LogP contribution in [-0.4, -0.2) is 23.3 Å². The lowest BCUT2D eigenvalue weighted by molar-refractivity contribution is 0.0931. The lowest BCUT2D eigenvalue weighted by atomic mass is 10.0. The molecule has 1 amide bonds. The first-order valence-corrected chi connectivity index (χ1v) is 10.0. The van der Waals surface area contributed by atoms with Gasteiger partial charge in [0.1, 0.15) is 24.0 Å². The number of aryl methyl sites for hydroxylation is 2. The Morgan fingerprint density at radius 3 is 2.44 bits per heavy atom. The molecule has 0 atom stereocenters. The fourth-order valence-corrected chi connectivity index (χ4v) is 3.31. The highest BCUT2D eigenvalue weighted by atomic mass is 16.5. The first kappa shape index (κ1) is 22.5. The van der Waals surface area contributed by atoms with Gasteiger partial charge in [-0.3, -0.25) is 14.6 Å². The number of nitriles is 1. The van der Waals surface area contributed by atoms with Crippen LogP contribution in [0.25, 0.3) is 0 Å². The lowest BCUT2D eigenvalue weighted by Crippen LogP contribution is -2.16. The number of ether oxygens (including phenoxy) is 2. The van der Waals surface area contributed by atoms with Crippen LogP contribution in [0.2, 0.25) is 0 Å². The minimum atomic E-state index is -0.379. The Hall–Kier alpha value is -4.18. The second kappa shape index (κ2) is 10.2. The van der Waals surface area contributed by atoms with E-state index in [1.165, 1.54) is 0 Å². The fourth-order valence-electron chi connectivity index (χ4n) is 3.31. The monoisotopic (exact) mass is 429 g/mol. The third kappa shape index (κ3) is 5.49. The number of benzene rings is 2. The minimum Gasteiger partial charge on any atom is -0.491 e. The molecule has 7 nitrogen and oxygen atoms in total. The summed E-state index contributed by atoms with van der Waals surface area (Å²) in [4.78, 5) is 26.6. The molecular weight excluding hydrogens is 406 g/mol. The molecule has 0 saturated carbocycles. The molecule has 1 aliphatic rings. The number of primary amides is 1. The van der Waals surface area contributed by atoms with Crippen LogP contribution >= 0.6 is 0 Å². The van der Waals surface area contributed by atoms with E-state index in [-0.39, 0.29) is 17.3 Å². The maximum Gasteiger partial charge on any atom is 0.248 e. The summed E-state index contributed by atoms with van der Waals surface area (Å²) in [7, 11) is 0. The first-order chi connectivity index (χ1) is 15.4. The summed E-state index contributed by atoms with van der Waals surface area (Å²) >= 11 is 0. The number of carbonyl (C=O) groups excluding carboxylic acids is 2. The van der Waals surface area contributed by atoms with E-state index in [4.69, 9.17) is 15.2 Å². The number of hydrogen-bond acceptors (Lipinski definition) is 6. The van der Waals surface area contributed by atoms with Crippen LogP contribution in [0.5, 0.6) is 11.5 Å². The molecule has 0 fully saturated rings. The number of Topliss-reactive ketones (excluding diaryl/α,β-unsaturated/α-hetero) is 1. The van der Waals surface area contributed by atoms with Gasteiger partial charge in [0.15, 0.2) is 11.5 Å². The van der Waals surface area contributed by atoms with E-state index in [0.29, 0.717) is 42.3 Å². The number of nitrogens with two attached hydrogens (primary N) is 1. The quantitative estimate of drug-likeness (QED) is 0.672. The molecule has 0 radical (unpaired) electrons. The molecule has 2 aromatic carbocycles. The van der Waals surface area contributed by atoms with E-state index in [0.717, 1.165) is 17.0 Å². The maximum atomic E-state index is 11.9. The number of fused-ring (bicyclic) bond motifs is 1. The minimum absolute atomic E-state index is 0.00492.